The van der Waals surface area contributed by atoms with Gasteiger partial charge in [-0.2, -0.15) is 0 Å². The molecule has 1 heterocycles. The van der Waals surface area contributed by atoms with Gasteiger partial charge in [0, 0.05) is 29.1 Å². The normalized spacial score (nSPS) is 11.0. The second kappa shape index (κ2) is 5.99. The summed E-state index contributed by atoms with van der Waals surface area (Å²) >= 11 is 0. The molecular weight excluding hydrogens is 270 g/mol. The summed E-state index contributed by atoms with van der Waals surface area (Å²) < 4.78 is 5.61. The number of aromatic nitrogens is 1. The molecule has 0 saturated carbocycles. The number of pyridine rings is 1. The van der Waals surface area contributed by atoms with Crippen LogP contribution in [-0.2, 0) is 11.2 Å². The van der Waals surface area contributed by atoms with Gasteiger partial charge in [-0.15, -0.1) is 0 Å². The summed E-state index contributed by atoms with van der Waals surface area (Å²) in [5.41, 5.74) is 1.83. The molecule has 0 aliphatic rings. The van der Waals surface area contributed by atoms with E-state index in [0.29, 0.717) is 27.9 Å². The SMILES string of the molecule is Cc1[nH]c2cc(OC(C)C)ccc2c(=O)c1CCC(=O)O. The van der Waals surface area contributed by atoms with Crippen molar-refractivity contribution in [3.63, 3.8) is 0 Å². The van der Waals surface area contributed by atoms with Crippen LogP contribution in [0.15, 0.2) is 23.0 Å². The van der Waals surface area contributed by atoms with E-state index in [1.165, 1.54) is 0 Å². The Labute approximate surface area is 122 Å². The molecule has 0 saturated heterocycles. The van der Waals surface area contributed by atoms with Crippen molar-refractivity contribution in [1.29, 1.82) is 0 Å². The van der Waals surface area contributed by atoms with Gasteiger partial charge in [0.05, 0.1) is 11.6 Å². The number of aromatic amines is 1. The number of carbonyl (C=O) groups is 1. The van der Waals surface area contributed by atoms with Crippen LogP contribution in [0.2, 0.25) is 0 Å². The topological polar surface area (TPSA) is 79.4 Å². The lowest BCUT2D eigenvalue weighted by Gasteiger charge is -2.12. The molecule has 21 heavy (non-hydrogen) atoms. The summed E-state index contributed by atoms with van der Waals surface area (Å²) in [6.45, 7) is 5.66. The maximum absolute atomic E-state index is 12.4. The average Bonchev–Trinajstić information content (AvgIpc) is 2.36. The van der Waals surface area contributed by atoms with Gasteiger partial charge < -0.3 is 14.8 Å². The molecule has 2 aromatic rings. The Kier molecular flexibility index (Phi) is 4.31. The lowest BCUT2D eigenvalue weighted by Crippen LogP contribution is -2.15. The van der Waals surface area contributed by atoms with Gasteiger partial charge in [-0.3, -0.25) is 9.59 Å². The van der Waals surface area contributed by atoms with Gasteiger partial charge in [0.15, 0.2) is 5.43 Å². The first kappa shape index (κ1) is 15.1. The lowest BCUT2D eigenvalue weighted by atomic mass is 10.0. The highest BCUT2D eigenvalue weighted by Crippen LogP contribution is 2.20. The lowest BCUT2D eigenvalue weighted by molar-refractivity contribution is -0.136. The number of carboxylic acid groups (broad SMARTS) is 1. The number of hydrogen-bond acceptors (Lipinski definition) is 3. The van der Waals surface area contributed by atoms with Gasteiger partial charge in [0.2, 0.25) is 0 Å². The Morgan fingerprint density at radius 1 is 1.38 bits per heavy atom. The van der Waals surface area contributed by atoms with Crippen molar-refractivity contribution in [2.45, 2.75) is 39.7 Å². The summed E-state index contributed by atoms with van der Waals surface area (Å²) in [5.74, 6) is -0.208. The van der Waals surface area contributed by atoms with Gasteiger partial charge in [-0.1, -0.05) is 0 Å². The minimum atomic E-state index is -0.908. The van der Waals surface area contributed by atoms with Crippen LogP contribution in [0.5, 0.6) is 5.75 Å². The largest absolute Gasteiger partial charge is 0.491 e. The third kappa shape index (κ3) is 3.42. The molecular formula is C16H19NO4. The third-order valence-electron chi connectivity index (χ3n) is 3.25. The van der Waals surface area contributed by atoms with Crippen molar-refractivity contribution >= 4 is 16.9 Å². The molecule has 2 N–H and O–H groups in total. The van der Waals surface area contributed by atoms with Crippen molar-refractivity contribution in [3.05, 3.63) is 39.7 Å². The average molecular weight is 289 g/mol. The first-order chi connectivity index (χ1) is 9.88. The monoisotopic (exact) mass is 289 g/mol. The fourth-order valence-corrected chi connectivity index (χ4v) is 2.31. The maximum Gasteiger partial charge on any atom is 0.303 e. The van der Waals surface area contributed by atoms with Crippen LogP contribution in [0.25, 0.3) is 10.9 Å². The summed E-state index contributed by atoms with van der Waals surface area (Å²) in [5, 5.41) is 9.31. The van der Waals surface area contributed by atoms with Gasteiger partial charge in [-0.25, -0.2) is 0 Å². The number of H-pyrrole nitrogens is 1. The van der Waals surface area contributed by atoms with Crippen molar-refractivity contribution in [1.82, 2.24) is 4.98 Å². The maximum atomic E-state index is 12.4. The van der Waals surface area contributed by atoms with Crippen molar-refractivity contribution in [3.8, 4) is 5.75 Å². The molecule has 0 bridgehead atoms. The molecule has 5 heteroatoms. The predicted molar refractivity (Wildman–Crippen MR) is 81.0 cm³/mol. The molecule has 2 rings (SSSR count). The molecule has 0 amide bonds. The minimum absolute atomic E-state index is 0.0516. The highest BCUT2D eigenvalue weighted by molar-refractivity contribution is 5.81. The predicted octanol–water partition coefficient (Wildman–Crippen LogP) is 2.64. The van der Waals surface area contributed by atoms with Gasteiger partial charge in [0.25, 0.3) is 0 Å². The number of aryl methyl sites for hydroxylation is 1. The van der Waals surface area contributed by atoms with E-state index < -0.39 is 5.97 Å². The quantitative estimate of drug-likeness (QED) is 0.886. The minimum Gasteiger partial charge on any atom is -0.491 e. The van der Waals surface area contributed by atoms with Crippen LogP contribution in [0.3, 0.4) is 0 Å². The number of ether oxygens (including phenoxy) is 1. The van der Waals surface area contributed by atoms with Crippen LogP contribution in [-0.4, -0.2) is 22.2 Å². The summed E-state index contributed by atoms with van der Waals surface area (Å²) in [7, 11) is 0. The van der Waals surface area contributed by atoms with Crippen molar-refractivity contribution in [2.75, 3.05) is 0 Å². The molecule has 112 valence electrons. The van der Waals surface area contributed by atoms with E-state index in [4.69, 9.17) is 9.84 Å². The van der Waals surface area contributed by atoms with Gasteiger partial charge >= 0.3 is 5.97 Å². The summed E-state index contributed by atoms with van der Waals surface area (Å²) in [4.78, 5) is 26.3. The molecule has 0 spiro atoms. The zero-order chi connectivity index (χ0) is 15.6. The van der Waals surface area contributed by atoms with Crippen LogP contribution in [0.1, 0.15) is 31.5 Å². The van der Waals surface area contributed by atoms with Crippen LogP contribution < -0.4 is 10.2 Å². The van der Waals surface area contributed by atoms with E-state index in [2.05, 4.69) is 4.98 Å². The second-order valence-corrected chi connectivity index (χ2v) is 5.33. The summed E-state index contributed by atoms with van der Waals surface area (Å²) in [6, 6.07) is 5.27. The molecule has 0 fully saturated rings. The van der Waals surface area contributed by atoms with Gasteiger partial charge in [-0.05, 0) is 39.3 Å². The number of rotatable bonds is 5. The number of nitrogens with one attached hydrogen (secondary N) is 1. The Morgan fingerprint density at radius 2 is 2.10 bits per heavy atom. The van der Waals surface area contributed by atoms with E-state index in [1.807, 2.05) is 13.8 Å². The first-order valence-electron chi connectivity index (χ1n) is 6.92. The van der Waals surface area contributed by atoms with Crippen molar-refractivity contribution in [2.24, 2.45) is 0 Å². The number of aliphatic carboxylic acids is 1. The Hall–Kier alpha value is -2.30. The number of carboxylic acids is 1. The number of hydrogen-bond donors (Lipinski definition) is 2. The Morgan fingerprint density at radius 3 is 2.71 bits per heavy atom. The highest BCUT2D eigenvalue weighted by atomic mass is 16.5. The standard InChI is InChI=1S/C16H19NO4/c1-9(2)21-11-4-5-13-14(8-11)17-10(3)12(16(13)20)6-7-15(18)19/h4-5,8-9H,6-7H2,1-3H3,(H,17,20)(H,18,19). The smallest absolute Gasteiger partial charge is 0.303 e. The highest BCUT2D eigenvalue weighted by Gasteiger charge is 2.11. The second-order valence-electron chi connectivity index (χ2n) is 5.33. The zero-order valence-electron chi connectivity index (χ0n) is 12.4. The molecule has 0 aliphatic carbocycles. The van der Waals surface area contributed by atoms with E-state index >= 15 is 0 Å². The summed E-state index contributed by atoms with van der Waals surface area (Å²) in [6.07, 6.45) is 0.241. The zero-order valence-corrected chi connectivity index (χ0v) is 12.4. The fourth-order valence-electron chi connectivity index (χ4n) is 2.31. The fraction of sp³-hybridized carbons (Fsp3) is 0.375. The number of fused-ring (bicyclic) bond motifs is 1. The first-order valence-corrected chi connectivity index (χ1v) is 6.92. The Balaban J connectivity index is 2.47. The van der Waals surface area contributed by atoms with E-state index in [-0.39, 0.29) is 24.4 Å². The van der Waals surface area contributed by atoms with Crippen LogP contribution in [0.4, 0.5) is 0 Å². The molecule has 0 aliphatic heterocycles. The van der Waals surface area contributed by atoms with Crippen LogP contribution in [0, 0.1) is 6.92 Å². The number of benzene rings is 1. The van der Waals surface area contributed by atoms with E-state index in [0.717, 1.165) is 0 Å². The molecule has 0 unspecified atom stereocenters. The van der Waals surface area contributed by atoms with Crippen LogP contribution >= 0.6 is 0 Å². The third-order valence-corrected chi connectivity index (χ3v) is 3.25. The molecule has 0 atom stereocenters. The van der Waals surface area contributed by atoms with E-state index in [1.54, 1.807) is 25.1 Å². The van der Waals surface area contributed by atoms with Gasteiger partial charge in [0.1, 0.15) is 5.75 Å². The molecule has 1 aromatic carbocycles. The van der Waals surface area contributed by atoms with Crippen molar-refractivity contribution < 1.29 is 14.6 Å². The van der Waals surface area contributed by atoms with E-state index in [9.17, 15) is 9.59 Å². The molecule has 1 aromatic heterocycles. The molecule has 0 radical (unpaired) electrons. The Bertz CT molecular complexity index is 731. The molecule has 5 nitrogen and oxygen atoms in total.